The van der Waals surface area contributed by atoms with E-state index in [1.165, 1.54) is 35.2 Å². The molecule has 0 bridgehead atoms. The highest BCUT2D eigenvalue weighted by Crippen LogP contribution is 2.45. The molecule has 2 unspecified atom stereocenters. The lowest BCUT2D eigenvalue weighted by Gasteiger charge is -2.39. The third-order valence-electron chi connectivity index (χ3n) is 11.8. The Morgan fingerprint density at radius 3 is 2.54 bits per heavy atom. The Labute approximate surface area is 314 Å². The highest BCUT2D eigenvalue weighted by molar-refractivity contribution is 6.05. The Morgan fingerprint density at radius 1 is 1.17 bits per heavy atom. The van der Waals surface area contributed by atoms with Crippen molar-refractivity contribution >= 4 is 33.4 Å². The summed E-state index contributed by atoms with van der Waals surface area (Å²) in [7, 11) is 1.63. The highest BCUT2D eigenvalue weighted by Gasteiger charge is 2.45. The number of aromatic nitrogens is 2. The molecule has 12 heteroatoms. The van der Waals surface area contributed by atoms with Gasteiger partial charge < -0.3 is 30.5 Å². The van der Waals surface area contributed by atoms with E-state index in [0.29, 0.717) is 48.1 Å². The van der Waals surface area contributed by atoms with Crippen LogP contribution >= 0.6 is 0 Å². The number of terminal acetylenes is 1. The third kappa shape index (κ3) is 6.42. The molecular weight excluding hydrogens is 690 g/mol. The van der Waals surface area contributed by atoms with Crippen molar-refractivity contribution in [3.8, 4) is 35.2 Å². The summed E-state index contributed by atoms with van der Waals surface area (Å²) in [6.07, 6.45) is 12.1. The zero-order valence-corrected chi connectivity index (χ0v) is 31.4. The summed E-state index contributed by atoms with van der Waals surface area (Å²) in [5, 5.41) is 23.5. The Kier molecular flexibility index (Phi) is 9.57. The average Bonchev–Trinajstić information content (AvgIpc) is 3.67. The van der Waals surface area contributed by atoms with Crippen molar-refractivity contribution in [2.24, 2.45) is 5.73 Å². The largest absolute Gasteiger partial charge is 0.508 e. The number of phenols is 1. The molecule has 3 aromatic carbocycles. The molecule has 4 aromatic rings. The molecule has 0 saturated carbocycles. The van der Waals surface area contributed by atoms with Crippen LogP contribution in [0.3, 0.4) is 0 Å². The predicted molar refractivity (Wildman–Crippen MR) is 206 cm³/mol. The van der Waals surface area contributed by atoms with Crippen LogP contribution in [0, 0.1) is 24.0 Å². The maximum absolute atomic E-state index is 17.8. The number of anilines is 1. The lowest BCUT2D eigenvalue weighted by Crippen LogP contribution is -2.55. The standard InChI is InChI=1S/C42H48F2N6O4/c1-7-27-31(43)13-12-25-20-26(51)21-28(34(25)27)35-30(40(3,4)45)22-29-37(36(35)44)46-39(54-24-42-15-10-18-50(42)19-11-16-42)47-38(29)49-17-9-14-41(5,53)32(23-49)48(6)33(52)8-2/h1,8,12-13,20-22,32,51,53H,2,9-11,14-19,23-24,45H2,3-6H3. The molecule has 284 valence electrons. The quantitative estimate of drug-likeness (QED) is 0.148. The molecule has 4 heterocycles. The number of likely N-dealkylation sites (N-methyl/N-ethyl adjacent to an activating group) is 1. The number of halogens is 2. The summed E-state index contributed by atoms with van der Waals surface area (Å²) in [6, 6.07) is 6.57. The Morgan fingerprint density at radius 2 is 1.87 bits per heavy atom. The summed E-state index contributed by atoms with van der Waals surface area (Å²) in [5.74, 6) is 0.831. The van der Waals surface area contributed by atoms with Crippen LogP contribution in [0.5, 0.6) is 11.8 Å². The van der Waals surface area contributed by atoms with E-state index in [-0.39, 0.29) is 57.3 Å². The number of amides is 1. The minimum Gasteiger partial charge on any atom is -0.508 e. The number of carbonyl (C=O) groups excluding carboxylic acids is 1. The fraction of sp³-hybridized carbons (Fsp3) is 0.452. The van der Waals surface area contributed by atoms with Gasteiger partial charge in [-0.2, -0.15) is 9.97 Å². The number of ether oxygens (including phenoxy) is 1. The number of hydrogen-bond acceptors (Lipinski definition) is 9. The van der Waals surface area contributed by atoms with Gasteiger partial charge >= 0.3 is 6.01 Å². The lowest BCUT2D eigenvalue weighted by molar-refractivity contribution is -0.132. The number of rotatable bonds is 8. The number of nitrogens with two attached hydrogens (primary N) is 1. The van der Waals surface area contributed by atoms with Gasteiger partial charge in [0.25, 0.3) is 0 Å². The molecule has 54 heavy (non-hydrogen) atoms. The van der Waals surface area contributed by atoms with E-state index in [4.69, 9.17) is 26.9 Å². The molecular formula is C42H48F2N6O4. The molecule has 3 aliphatic rings. The summed E-state index contributed by atoms with van der Waals surface area (Å²) in [6.45, 7) is 11.7. The fourth-order valence-electron chi connectivity index (χ4n) is 9.01. The van der Waals surface area contributed by atoms with Crippen molar-refractivity contribution in [3.05, 3.63) is 65.7 Å². The molecule has 3 fully saturated rings. The molecule has 4 N–H and O–H groups in total. The smallest absolute Gasteiger partial charge is 0.319 e. The van der Waals surface area contributed by atoms with E-state index in [0.717, 1.165) is 38.8 Å². The molecule has 0 aliphatic carbocycles. The average molecular weight is 739 g/mol. The molecule has 2 atom stereocenters. The number of benzene rings is 3. The zero-order chi connectivity index (χ0) is 38.7. The van der Waals surface area contributed by atoms with Gasteiger partial charge in [0.2, 0.25) is 5.91 Å². The van der Waals surface area contributed by atoms with Crippen LogP contribution in [0.15, 0.2) is 43.0 Å². The van der Waals surface area contributed by atoms with Crippen LogP contribution in [-0.2, 0) is 10.3 Å². The topological polar surface area (TPSA) is 128 Å². The van der Waals surface area contributed by atoms with Crippen molar-refractivity contribution in [2.45, 2.75) is 82.0 Å². The molecule has 0 spiro atoms. The van der Waals surface area contributed by atoms with Gasteiger partial charge in [0.1, 0.15) is 29.5 Å². The van der Waals surface area contributed by atoms with Gasteiger partial charge in [-0.1, -0.05) is 18.6 Å². The second kappa shape index (κ2) is 13.8. The summed E-state index contributed by atoms with van der Waals surface area (Å²) >= 11 is 0. The number of carbonyl (C=O) groups is 1. The SMILES string of the molecule is C#Cc1c(F)ccc2cc(O)cc(-c3c(C(C)(C)N)cc4c(N5CCCC(C)(O)C(N(C)C(=O)C=C)C5)nc(OCC56CCCN5CCC6)nc4c3F)c12. The van der Waals surface area contributed by atoms with E-state index in [1.54, 1.807) is 33.9 Å². The van der Waals surface area contributed by atoms with Crippen molar-refractivity contribution in [1.29, 1.82) is 0 Å². The van der Waals surface area contributed by atoms with Gasteiger partial charge in [0.05, 0.1) is 22.7 Å². The van der Waals surface area contributed by atoms with Crippen LogP contribution in [0.25, 0.3) is 32.8 Å². The third-order valence-corrected chi connectivity index (χ3v) is 11.8. The number of hydrogen-bond donors (Lipinski definition) is 3. The van der Waals surface area contributed by atoms with E-state index in [9.17, 15) is 15.0 Å². The van der Waals surface area contributed by atoms with Crippen molar-refractivity contribution in [1.82, 2.24) is 19.8 Å². The van der Waals surface area contributed by atoms with Gasteiger partial charge in [0.15, 0.2) is 5.82 Å². The first kappa shape index (κ1) is 37.5. The van der Waals surface area contributed by atoms with Crippen molar-refractivity contribution < 1.29 is 28.5 Å². The van der Waals surface area contributed by atoms with E-state index < -0.39 is 28.8 Å². The summed E-state index contributed by atoms with van der Waals surface area (Å²) < 4.78 is 39.5. The van der Waals surface area contributed by atoms with Crippen LogP contribution in [0.2, 0.25) is 0 Å². The normalized spacial score (nSPS) is 21.5. The van der Waals surface area contributed by atoms with Crippen LogP contribution in [0.1, 0.15) is 70.4 Å². The number of phenolic OH excluding ortho intramolecular Hbond substituents is 1. The Balaban J connectivity index is 1.49. The van der Waals surface area contributed by atoms with Crippen LogP contribution < -0.4 is 15.4 Å². The van der Waals surface area contributed by atoms with Gasteiger partial charge in [-0.3, -0.25) is 9.69 Å². The van der Waals surface area contributed by atoms with Gasteiger partial charge in [-0.25, -0.2) is 8.78 Å². The Bertz CT molecular complexity index is 2200. The number of aliphatic hydroxyl groups is 1. The van der Waals surface area contributed by atoms with E-state index >= 15 is 8.78 Å². The maximum Gasteiger partial charge on any atom is 0.319 e. The van der Waals surface area contributed by atoms with Gasteiger partial charge in [-0.15, -0.1) is 6.42 Å². The Hall–Kier alpha value is -4.83. The molecule has 10 nitrogen and oxygen atoms in total. The number of aromatic hydroxyl groups is 1. The number of nitrogens with zero attached hydrogens (tertiary/aromatic N) is 5. The second-order valence-electron chi connectivity index (χ2n) is 16.0. The van der Waals surface area contributed by atoms with Crippen LogP contribution in [0.4, 0.5) is 14.6 Å². The molecule has 3 saturated heterocycles. The first-order valence-electron chi connectivity index (χ1n) is 18.6. The molecule has 1 aromatic heterocycles. The minimum atomic E-state index is -1.25. The molecule has 0 radical (unpaired) electrons. The van der Waals surface area contributed by atoms with E-state index in [2.05, 4.69) is 17.4 Å². The maximum atomic E-state index is 17.8. The first-order chi connectivity index (χ1) is 25.6. The van der Waals surface area contributed by atoms with E-state index in [1.807, 2.05) is 4.90 Å². The summed E-state index contributed by atoms with van der Waals surface area (Å²) in [5.41, 5.74) is 4.62. The monoisotopic (exact) mass is 738 g/mol. The van der Waals surface area contributed by atoms with Gasteiger partial charge in [-0.05, 0) is 119 Å². The fourth-order valence-corrected chi connectivity index (χ4v) is 9.01. The van der Waals surface area contributed by atoms with Crippen LogP contribution in [-0.4, -0.2) is 92.9 Å². The van der Waals surface area contributed by atoms with Crippen molar-refractivity contribution in [3.63, 3.8) is 0 Å². The number of fused-ring (bicyclic) bond motifs is 3. The molecule has 7 rings (SSSR count). The predicted octanol–water partition coefficient (Wildman–Crippen LogP) is 5.98. The molecule has 1 amide bonds. The highest BCUT2D eigenvalue weighted by atomic mass is 19.1. The van der Waals surface area contributed by atoms with Crippen molar-refractivity contribution in [2.75, 3.05) is 44.7 Å². The first-order valence-corrected chi connectivity index (χ1v) is 18.6. The zero-order valence-electron chi connectivity index (χ0n) is 31.4. The minimum absolute atomic E-state index is 0.0120. The lowest BCUT2D eigenvalue weighted by atomic mass is 9.83. The molecule has 3 aliphatic heterocycles. The second-order valence-corrected chi connectivity index (χ2v) is 16.0. The summed E-state index contributed by atoms with van der Waals surface area (Å²) in [4.78, 5) is 28.4. The van der Waals surface area contributed by atoms with Gasteiger partial charge in [0, 0.05) is 42.0 Å².